The smallest absolute Gasteiger partial charge is 0.345 e. The Labute approximate surface area is 220 Å². The number of hydrogen-bond donors (Lipinski definition) is 2. The van der Waals surface area contributed by atoms with Crippen molar-refractivity contribution in [1.29, 1.82) is 0 Å². The highest BCUT2D eigenvalue weighted by Gasteiger charge is 2.32. The Hall–Kier alpha value is -3.18. The second-order valence-electron chi connectivity index (χ2n) is 7.93. The van der Waals surface area contributed by atoms with Crippen LogP contribution in [0.1, 0.15) is 0 Å². The van der Waals surface area contributed by atoms with Gasteiger partial charge in [0.15, 0.2) is 0 Å². The van der Waals surface area contributed by atoms with E-state index in [1.165, 1.54) is 30.7 Å². The predicted molar refractivity (Wildman–Crippen MR) is 140 cm³/mol. The van der Waals surface area contributed by atoms with Crippen LogP contribution < -0.4 is 4.31 Å². The highest BCUT2D eigenvalue weighted by molar-refractivity contribution is 7.93. The molecule has 0 radical (unpaired) electrons. The number of nitrogens with zero attached hydrogens (tertiary/aromatic N) is 4. The van der Waals surface area contributed by atoms with E-state index in [4.69, 9.17) is 27.6 Å². The minimum atomic E-state index is -4.81. The second-order valence-corrected chi connectivity index (χ2v) is 12.3. The molecule has 0 aliphatic heterocycles. The second kappa shape index (κ2) is 9.60. The summed E-state index contributed by atoms with van der Waals surface area (Å²) in [7, 11) is -9.25. The van der Waals surface area contributed by atoms with Gasteiger partial charge < -0.3 is 18.8 Å². The Bertz CT molecular complexity index is 1750. The fourth-order valence-corrected chi connectivity index (χ4v) is 7.21. The zero-order chi connectivity index (χ0) is 26.4. The molecule has 10 nitrogen and oxygen atoms in total. The van der Waals surface area contributed by atoms with E-state index < -0.39 is 23.9 Å². The summed E-state index contributed by atoms with van der Waals surface area (Å²) < 4.78 is 46.6. The number of sulfonamides is 1. The summed E-state index contributed by atoms with van der Waals surface area (Å²) in [5.74, 6) is 0.994. The molecule has 0 saturated heterocycles. The predicted octanol–water partition coefficient (Wildman–Crippen LogP) is 5.32. The molecule has 0 atom stereocenters. The van der Waals surface area contributed by atoms with E-state index in [0.29, 0.717) is 32.5 Å². The topological polar surface area (TPSA) is 139 Å². The third-order valence-electron chi connectivity index (χ3n) is 5.37. The van der Waals surface area contributed by atoms with Crippen LogP contribution in [0.25, 0.3) is 28.2 Å². The fourth-order valence-electron chi connectivity index (χ4n) is 3.80. The van der Waals surface area contributed by atoms with Gasteiger partial charge in [-0.3, -0.25) is 8.87 Å². The minimum absolute atomic E-state index is 0.0474. The first-order valence-electron chi connectivity index (χ1n) is 10.5. The van der Waals surface area contributed by atoms with Gasteiger partial charge in [0, 0.05) is 33.4 Å². The zero-order valence-corrected chi connectivity index (χ0v) is 21.9. The number of aromatic nitrogens is 3. The molecular formula is C23H17Cl2N4O6PS. The monoisotopic (exact) mass is 578 g/mol. The van der Waals surface area contributed by atoms with E-state index >= 15 is 0 Å². The Kier molecular flexibility index (Phi) is 6.61. The highest BCUT2D eigenvalue weighted by atomic mass is 35.5. The first-order chi connectivity index (χ1) is 17.5. The van der Waals surface area contributed by atoms with E-state index in [9.17, 15) is 22.8 Å². The van der Waals surface area contributed by atoms with Crippen LogP contribution in [-0.2, 0) is 14.6 Å². The van der Waals surface area contributed by atoms with Crippen molar-refractivity contribution >= 4 is 57.4 Å². The van der Waals surface area contributed by atoms with Gasteiger partial charge in [-0.2, -0.15) is 0 Å². The lowest BCUT2D eigenvalue weighted by atomic mass is 10.2. The van der Waals surface area contributed by atoms with E-state index in [-0.39, 0.29) is 20.6 Å². The van der Waals surface area contributed by atoms with E-state index in [2.05, 4.69) is 9.97 Å². The first-order valence-corrected chi connectivity index (χ1v) is 14.5. The molecule has 37 heavy (non-hydrogen) atoms. The molecule has 0 aliphatic rings. The largest absolute Gasteiger partial charge is 0.445 e. The summed E-state index contributed by atoms with van der Waals surface area (Å²) in [5, 5.41) is 0.735. The molecule has 0 saturated carbocycles. The van der Waals surface area contributed by atoms with Gasteiger partial charge in [-0.1, -0.05) is 23.2 Å². The Morgan fingerprint density at radius 2 is 1.73 bits per heavy atom. The first kappa shape index (κ1) is 25.5. The molecule has 3 heterocycles. The van der Waals surface area contributed by atoms with Gasteiger partial charge >= 0.3 is 7.60 Å². The van der Waals surface area contributed by atoms with E-state index in [1.807, 2.05) is 0 Å². The lowest BCUT2D eigenvalue weighted by Gasteiger charge is -2.25. The third kappa shape index (κ3) is 5.28. The van der Waals surface area contributed by atoms with Crippen LogP contribution in [-0.4, -0.2) is 39.0 Å². The quantitative estimate of drug-likeness (QED) is 0.247. The molecule has 0 fully saturated rings. The fraction of sp³-hybridized carbons (Fsp3) is 0.0435. The molecule has 5 rings (SSSR count). The van der Waals surface area contributed by atoms with Crippen LogP contribution in [0.2, 0.25) is 10.0 Å². The van der Waals surface area contributed by atoms with Crippen LogP contribution in [0, 0.1) is 0 Å². The number of rotatable bonds is 7. The maximum Gasteiger partial charge on any atom is 0.345 e. The van der Waals surface area contributed by atoms with Gasteiger partial charge in [-0.25, -0.2) is 18.4 Å². The van der Waals surface area contributed by atoms with Crippen molar-refractivity contribution < 1.29 is 27.2 Å². The Morgan fingerprint density at radius 3 is 2.41 bits per heavy atom. The van der Waals surface area contributed by atoms with Gasteiger partial charge in [0.25, 0.3) is 10.0 Å². The van der Waals surface area contributed by atoms with Gasteiger partial charge in [0.1, 0.15) is 18.4 Å². The van der Waals surface area contributed by atoms with E-state index in [0.717, 1.165) is 12.1 Å². The Balaban J connectivity index is 1.59. The Morgan fingerprint density at radius 1 is 0.973 bits per heavy atom. The van der Waals surface area contributed by atoms with Crippen molar-refractivity contribution in [2.45, 2.75) is 4.90 Å². The lowest BCUT2D eigenvalue weighted by Crippen LogP contribution is -2.32. The highest BCUT2D eigenvalue weighted by Crippen LogP contribution is 2.40. The molecular weight excluding hydrogens is 562 g/mol. The molecule has 0 aliphatic carbocycles. The van der Waals surface area contributed by atoms with Crippen LogP contribution in [0.4, 0.5) is 5.69 Å². The van der Waals surface area contributed by atoms with Crippen molar-refractivity contribution in [3.63, 3.8) is 0 Å². The summed E-state index contributed by atoms with van der Waals surface area (Å²) in [6.07, 6.45) is 5.28. The molecule has 0 spiro atoms. The van der Waals surface area contributed by atoms with Gasteiger partial charge in [-0.05, 0) is 54.6 Å². The van der Waals surface area contributed by atoms with Crippen LogP contribution in [0.15, 0.2) is 88.8 Å². The standard InChI is InChI=1S/C23H17Cl2N4O6PS/c24-17-11-18(25)13-20(12-17)37(33,34)29(14-36(30,31)32)19-1-2-21-15(9-19)4-7-28(21)22-10-16(3-5-26-22)23-27-6-8-35-23/h1-13H,14H2,(H2,30,31,32). The molecule has 3 aromatic heterocycles. The van der Waals surface area contributed by atoms with Gasteiger partial charge in [0.05, 0.1) is 22.3 Å². The summed E-state index contributed by atoms with van der Waals surface area (Å²) in [4.78, 5) is 27.6. The van der Waals surface area contributed by atoms with Crippen molar-refractivity contribution in [1.82, 2.24) is 14.5 Å². The van der Waals surface area contributed by atoms with Gasteiger partial charge in [0.2, 0.25) is 5.89 Å². The van der Waals surface area contributed by atoms with Crippen molar-refractivity contribution in [2.75, 3.05) is 10.6 Å². The average Bonchev–Trinajstić information content (AvgIpc) is 3.51. The minimum Gasteiger partial charge on any atom is -0.445 e. The molecule has 14 heteroatoms. The molecule has 190 valence electrons. The molecule has 5 aromatic rings. The maximum absolute atomic E-state index is 13.5. The molecule has 0 unspecified atom stereocenters. The molecule has 0 bridgehead atoms. The SMILES string of the molecule is O=P(O)(O)CN(c1ccc2c(ccn2-c2cc(-c3ncco3)ccn2)c1)S(=O)(=O)c1cc(Cl)cc(Cl)c1. The van der Waals surface area contributed by atoms with Crippen LogP contribution >= 0.6 is 30.8 Å². The summed E-state index contributed by atoms with van der Waals surface area (Å²) in [5.41, 5.74) is 1.44. The third-order valence-corrected chi connectivity index (χ3v) is 8.40. The van der Waals surface area contributed by atoms with Crippen LogP contribution in [0.5, 0.6) is 0 Å². The molecule has 0 amide bonds. The lowest BCUT2D eigenvalue weighted by molar-refractivity contribution is 0.373. The number of pyridine rings is 1. The number of oxazole rings is 1. The van der Waals surface area contributed by atoms with Crippen molar-refractivity contribution in [3.8, 4) is 17.3 Å². The average molecular weight is 579 g/mol. The number of fused-ring (bicyclic) bond motifs is 1. The van der Waals surface area contributed by atoms with Crippen molar-refractivity contribution in [3.05, 3.63) is 89.5 Å². The zero-order valence-electron chi connectivity index (χ0n) is 18.6. The normalized spacial score (nSPS) is 12.2. The number of benzene rings is 2. The summed E-state index contributed by atoms with van der Waals surface area (Å²) in [6.45, 7) is 0. The number of halogens is 2. The van der Waals surface area contributed by atoms with Crippen molar-refractivity contribution in [2.24, 2.45) is 0 Å². The summed E-state index contributed by atoms with van der Waals surface area (Å²) in [6, 6.07) is 13.6. The van der Waals surface area contributed by atoms with Gasteiger partial charge in [-0.15, -0.1) is 0 Å². The van der Waals surface area contributed by atoms with Crippen LogP contribution in [0.3, 0.4) is 0 Å². The summed E-state index contributed by atoms with van der Waals surface area (Å²) >= 11 is 12.0. The molecule has 2 N–H and O–H groups in total. The molecule has 2 aromatic carbocycles. The number of hydrogen-bond acceptors (Lipinski definition) is 6. The number of anilines is 1. The maximum atomic E-state index is 13.5. The van der Waals surface area contributed by atoms with E-state index in [1.54, 1.807) is 41.2 Å².